The second-order valence-electron chi connectivity index (χ2n) is 7.70. The van der Waals surface area contributed by atoms with E-state index >= 15 is 0 Å². The maximum Gasteiger partial charge on any atom is 0.303 e. The zero-order valence-corrected chi connectivity index (χ0v) is 20.5. The molecule has 0 saturated heterocycles. The average molecular weight is 491 g/mol. The van der Waals surface area contributed by atoms with Crippen molar-refractivity contribution < 1.29 is 37.5 Å². The Morgan fingerprint density at radius 1 is 0.794 bits per heavy atom. The predicted octanol–water partition coefficient (Wildman–Crippen LogP) is 3.11. The topological polar surface area (TPSA) is 105 Å². The summed E-state index contributed by atoms with van der Waals surface area (Å²) in [6, 6.07) is 16.4. The molecule has 0 N–H and O–H groups in total. The summed E-state index contributed by atoms with van der Waals surface area (Å²) in [5.74, 6) is -2.14. The fraction of sp³-hybridized carbons (Fsp3) is 0.400. The monoisotopic (exact) mass is 490 g/mol. The summed E-state index contributed by atoms with van der Waals surface area (Å²) in [5, 5.41) is 0. The summed E-state index contributed by atoms with van der Waals surface area (Å²) in [6.45, 7) is 5.58. The van der Waals surface area contributed by atoms with E-state index in [2.05, 4.69) is 0 Å². The molecule has 8 nitrogen and oxygen atoms in total. The minimum Gasteiger partial charge on any atom is -0.457 e. The Labute approximate surface area is 202 Å². The molecule has 0 heterocycles. The first-order valence-corrected chi connectivity index (χ1v) is 12.1. The van der Waals surface area contributed by atoms with Crippen LogP contribution in [-0.2, 0) is 50.7 Å². The lowest BCUT2D eigenvalue weighted by atomic mass is 10.1. The molecule has 0 radical (unpaired) electrons. The number of rotatable bonds is 12. The maximum atomic E-state index is 13.0. The van der Waals surface area contributed by atoms with Crippen LogP contribution in [0.2, 0.25) is 0 Å². The van der Waals surface area contributed by atoms with Crippen LogP contribution in [0.3, 0.4) is 0 Å². The molecule has 0 bridgehead atoms. The lowest BCUT2D eigenvalue weighted by Crippen LogP contribution is -2.49. The fourth-order valence-electron chi connectivity index (χ4n) is 3.20. The fourth-order valence-corrected chi connectivity index (χ4v) is 4.39. The van der Waals surface area contributed by atoms with Gasteiger partial charge in [0.05, 0.1) is 29.8 Å². The van der Waals surface area contributed by atoms with Gasteiger partial charge in [0, 0.05) is 25.7 Å². The Bertz CT molecular complexity index is 974. The molecular weight excluding hydrogens is 460 g/mol. The van der Waals surface area contributed by atoms with E-state index in [4.69, 9.17) is 18.9 Å². The van der Waals surface area contributed by atoms with Crippen molar-refractivity contribution in [2.24, 2.45) is 0 Å². The molecule has 0 fully saturated rings. The Morgan fingerprint density at radius 2 is 1.35 bits per heavy atom. The minimum absolute atomic E-state index is 0.138. The van der Waals surface area contributed by atoms with E-state index < -0.39 is 47.0 Å². The maximum absolute atomic E-state index is 13.0. The van der Waals surface area contributed by atoms with Gasteiger partial charge in [-0.2, -0.15) is 0 Å². The van der Waals surface area contributed by atoms with Gasteiger partial charge in [0.2, 0.25) is 0 Å². The number of carbonyl (C=O) groups excluding carboxylic acids is 3. The Morgan fingerprint density at radius 3 is 1.91 bits per heavy atom. The van der Waals surface area contributed by atoms with E-state index in [9.17, 15) is 18.6 Å². The van der Waals surface area contributed by atoms with E-state index in [1.54, 1.807) is 12.1 Å². The van der Waals surface area contributed by atoms with Gasteiger partial charge in [-0.25, -0.2) is 0 Å². The summed E-state index contributed by atoms with van der Waals surface area (Å²) in [5.41, 5.74) is 1.89. The van der Waals surface area contributed by atoms with Crippen molar-refractivity contribution in [1.29, 1.82) is 0 Å². The molecule has 2 rings (SSSR count). The third-order valence-corrected chi connectivity index (χ3v) is 6.09. The van der Waals surface area contributed by atoms with Gasteiger partial charge in [0.25, 0.3) is 0 Å². The molecule has 0 spiro atoms. The van der Waals surface area contributed by atoms with E-state index in [-0.39, 0.29) is 19.0 Å². The standard InChI is InChI=1S/C25H30O8S/c1-17-10-12-22(13-11-17)34(29)16-24(32-19(3)27)25(33-20(4)28)23(31-18(2)26)15-30-14-21-8-6-5-7-9-21/h5-13,23-25H,14-16H2,1-4H3/t23-,24-,25+,34+/m0/s1. The number of esters is 3. The SMILES string of the molecule is CC(=O)O[C@H]([C@H](COCc1ccccc1)OC(C)=O)[C@H](C[S@@](=O)c1ccc(C)cc1)OC(C)=O. The Kier molecular flexibility index (Phi) is 10.9. The molecule has 0 saturated carbocycles. The van der Waals surface area contributed by atoms with Crippen LogP contribution in [-0.4, -0.2) is 52.8 Å². The minimum atomic E-state index is -1.59. The van der Waals surface area contributed by atoms with Crippen molar-refractivity contribution in [2.75, 3.05) is 12.4 Å². The van der Waals surface area contributed by atoms with Crippen LogP contribution >= 0.6 is 0 Å². The Hall–Kier alpha value is -3.04. The predicted molar refractivity (Wildman–Crippen MR) is 125 cm³/mol. The lowest BCUT2D eigenvalue weighted by molar-refractivity contribution is -0.186. The van der Waals surface area contributed by atoms with Crippen molar-refractivity contribution in [1.82, 2.24) is 0 Å². The zero-order valence-electron chi connectivity index (χ0n) is 19.7. The highest BCUT2D eigenvalue weighted by Crippen LogP contribution is 2.19. The van der Waals surface area contributed by atoms with Crippen LogP contribution < -0.4 is 0 Å². The van der Waals surface area contributed by atoms with Gasteiger partial charge >= 0.3 is 17.9 Å². The van der Waals surface area contributed by atoms with Gasteiger partial charge in [0.15, 0.2) is 18.3 Å². The third kappa shape index (κ3) is 9.44. The number of hydrogen-bond donors (Lipinski definition) is 0. The second-order valence-corrected chi connectivity index (χ2v) is 9.19. The summed E-state index contributed by atoms with van der Waals surface area (Å²) in [6.07, 6.45) is -3.46. The number of carbonyl (C=O) groups is 3. The van der Waals surface area contributed by atoms with Gasteiger partial charge < -0.3 is 18.9 Å². The van der Waals surface area contributed by atoms with E-state index in [0.717, 1.165) is 11.1 Å². The lowest BCUT2D eigenvalue weighted by Gasteiger charge is -2.31. The first-order chi connectivity index (χ1) is 16.2. The first kappa shape index (κ1) is 27.2. The van der Waals surface area contributed by atoms with Crippen molar-refractivity contribution in [3.8, 4) is 0 Å². The molecule has 0 unspecified atom stereocenters. The van der Waals surface area contributed by atoms with Crippen molar-refractivity contribution in [2.45, 2.75) is 57.5 Å². The second kappa shape index (κ2) is 13.6. The van der Waals surface area contributed by atoms with Gasteiger partial charge in [-0.3, -0.25) is 18.6 Å². The van der Waals surface area contributed by atoms with Crippen molar-refractivity contribution in [3.63, 3.8) is 0 Å². The number of hydrogen-bond acceptors (Lipinski definition) is 8. The molecule has 0 amide bonds. The molecule has 4 atom stereocenters. The van der Waals surface area contributed by atoms with Crippen LogP contribution in [0.1, 0.15) is 31.9 Å². The smallest absolute Gasteiger partial charge is 0.303 e. The molecule has 0 aliphatic carbocycles. The largest absolute Gasteiger partial charge is 0.457 e. The summed E-state index contributed by atoms with van der Waals surface area (Å²) < 4.78 is 35.0. The molecule has 34 heavy (non-hydrogen) atoms. The molecule has 2 aromatic rings. The summed E-state index contributed by atoms with van der Waals surface area (Å²) in [4.78, 5) is 36.1. The van der Waals surface area contributed by atoms with Crippen LogP contribution in [0, 0.1) is 6.92 Å². The third-order valence-electron chi connectivity index (χ3n) is 4.66. The van der Waals surface area contributed by atoms with E-state index in [1.807, 2.05) is 49.4 Å². The van der Waals surface area contributed by atoms with Gasteiger partial charge in [-0.05, 0) is 24.6 Å². The molecule has 184 valence electrons. The molecule has 2 aromatic carbocycles. The van der Waals surface area contributed by atoms with Gasteiger partial charge in [-0.15, -0.1) is 0 Å². The molecule has 0 aliphatic rings. The molecule has 0 aliphatic heterocycles. The average Bonchev–Trinajstić information content (AvgIpc) is 2.77. The number of ether oxygens (including phenoxy) is 4. The normalized spacial score (nSPS) is 14.4. The van der Waals surface area contributed by atoms with Crippen LogP contribution in [0.15, 0.2) is 59.5 Å². The van der Waals surface area contributed by atoms with Crippen molar-refractivity contribution in [3.05, 3.63) is 65.7 Å². The summed E-state index contributed by atoms with van der Waals surface area (Å²) >= 11 is 0. The zero-order chi connectivity index (χ0) is 25.1. The number of aryl methyl sites for hydroxylation is 1. The summed E-state index contributed by atoms with van der Waals surface area (Å²) in [7, 11) is -1.59. The van der Waals surface area contributed by atoms with Crippen LogP contribution in [0.5, 0.6) is 0 Å². The molecular formula is C25H30O8S. The van der Waals surface area contributed by atoms with E-state index in [1.165, 1.54) is 20.8 Å². The highest BCUT2D eigenvalue weighted by Gasteiger charge is 2.38. The highest BCUT2D eigenvalue weighted by molar-refractivity contribution is 7.85. The van der Waals surface area contributed by atoms with Gasteiger partial charge in [0.1, 0.15) is 0 Å². The van der Waals surface area contributed by atoms with E-state index in [0.29, 0.717) is 4.90 Å². The van der Waals surface area contributed by atoms with Crippen LogP contribution in [0.4, 0.5) is 0 Å². The van der Waals surface area contributed by atoms with Gasteiger partial charge in [-0.1, -0.05) is 48.0 Å². The van der Waals surface area contributed by atoms with Crippen LogP contribution in [0.25, 0.3) is 0 Å². The Balaban J connectivity index is 2.27. The quantitative estimate of drug-likeness (QED) is 0.330. The number of benzene rings is 2. The molecule has 9 heteroatoms. The molecule has 0 aromatic heterocycles. The van der Waals surface area contributed by atoms with Crippen molar-refractivity contribution >= 4 is 28.7 Å². The highest BCUT2D eigenvalue weighted by atomic mass is 32.2. The first-order valence-electron chi connectivity index (χ1n) is 10.7.